The van der Waals surface area contributed by atoms with Crippen molar-refractivity contribution in [2.75, 3.05) is 0 Å². The van der Waals surface area contributed by atoms with Crippen molar-refractivity contribution >= 4 is 11.8 Å². The van der Waals surface area contributed by atoms with Gasteiger partial charge in [0.25, 0.3) is 0 Å². The van der Waals surface area contributed by atoms with E-state index in [-0.39, 0.29) is 0 Å². The Labute approximate surface area is 88.0 Å². The number of carbonyl (C=O) groups is 2. The molecule has 0 spiro atoms. The number of ketones is 1. The molecule has 0 heterocycles. The minimum Gasteiger partial charge on any atom is -0.475 e. The van der Waals surface area contributed by atoms with Crippen molar-refractivity contribution in [3.05, 3.63) is 48.6 Å². The van der Waals surface area contributed by atoms with Gasteiger partial charge in [-0.1, -0.05) is 36.4 Å². The maximum absolute atomic E-state index is 11.4. The molecule has 1 aromatic carbocycles. The van der Waals surface area contributed by atoms with Crippen molar-refractivity contribution in [1.82, 2.24) is 0 Å². The number of aliphatic carboxylic acids is 1. The molecule has 0 aliphatic rings. The highest BCUT2D eigenvalue weighted by atomic mass is 16.4. The first-order chi connectivity index (χ1) is 7.16. The molecule has 0 saturated carbocycles. The summed E-state index contributed by atoms with van der Waals surface area (Å²) in [6.07, 6.45) is 1.90. The maximum Gasteiger partial charge on any atom is 0.372 e. The van der Waals surface area contributed by atoms with Crippen LogP contribution in [-0.2, 0) is 9.59 Å². The Morgan fingerprint density at radius 2 is 1.93 bits per heavy atom. The molecular formula is C12H12O3. The van der Waals surface area contributed by atoms with Gasteiger partial charge in [0.1, 0.15) is 0 Å². The Morgan fingerprint density at radius 1 is 1.33 bits per heavy atom. The van der Waals surface area contributed by atoms with Gasteiger partial charge in [-0.15, -0.1) is 6.58 Å². The molecule has 78 valence electrons. The maximum atomic E-state index is 11.4. The summed E-state index contributed by atoms with van der Waals surface area (Å²) in [4.78, 5) is 22.0. The zero-order chi connectivity index (χ0) is 11.3. The van der Waals surface area contributed by atoms with Gasteiger partial charge in [-0.25, -0.2) is 4.79 Å². The highest BCUT2D eigenvalue weighted by Gasteiger charge is 2.24. The van der Waals surface area contributed by atoms with Gasteiger partial charge in [0.2, 0.25) is 5.78 Å². The van der Waals surface area contributed by atoms with Crippen LogP contribution in [0.5, 0.6) is 0 Å². The molecule has 3 nitrogen and oxygen atoms in total. The van der Waals surface area contributed by atoms with Crippen molar-refractivity contribution < 1.29 is 14.7 Å². The van der Waals surface area contributed by atoms with Gasteiger partial charge in [0.05, 0.1) is 5.92 Å². The van der Waals surface area contributed by atoms with Crippen LogP contribution >= 0.6 is 0 Å². The summed E-state index contributed by atoms with van der Waals surface area (Å²) >= 11 is 0. The van der Waals surface area contributed by atoms with E-state index in [2.05, 4.69) is 6.58 Å². The molecule has 3 heteroatoms. The molecule has 0 amide bonds. The molecular weight excluding hydrogens is 192 g/mol. The van der Waals surface area contributed by atoms with E-state index in [1.165, 1.54) is 0 Å². The molecule has 0 aliphatic carbocycles. The summed E-state index contributed by atoms with van der Waals surface area (Å²) in [6.45, 7) is 3.52. The molecule has 0 saturated heterocycles. The van der Waals surface area contributed by atoms with Gasteiger partial charge in [-0.05, 0) is 12.0 Å². The number of benzene rings is 1. The molecule has 0 aliphatic heterocycles. The minimum absolute atomic E-state index is 0.342. The number of carbonyl (C=O) groups excluding carboxylic acids is 1. The zero-order valence-corrected chi connectivity index (χ0v) is 8.22. The third-order valence-corrected chi connectivity index (χ3v) is 2.13. The van der Waals surface area contributed by atoms with E-state index in [1.807, 2.05) is 6.07 Å². The van der Waals surface area contributed by atoms with E-state index >= 15 is 0 Å². The molecule has 1 rings (SSSR count). The molecule has 15 heavy (non-hydrogen) atoms. The SMILES string of the molecule is C=CC[C@H](C(=O)C(=O)O)c1ccccc1. The van der Waals surface area contributed by atoms with Crippen LogP contribution in [0.15, 0.2) is 43.0 Å². The first kappa shape index (κ1) is 11.2. The number of carboxylic acid groups (broad SMARTS) is 1. The Balaban J connectivity index is 2.98. The van der Waals surface area contributed by atoms with Crippen LogP contribution in [-0.4, -0.2) is 16.9 Å². The normalized spacial score (nSPS) is 11.7. The minimum atomic E-state index is -1.40. The van der Waals surface area contributed by atoms with Crippen LogP contribution in [0.2, 0.25) is 0 Å². The lowest BCUT2D eigenvalue weighted by atomic mass is 9.91. The van der Waals surface area contributed by atoms with Gasteiger partial charge in [0, 0.05) is 0 Å². The van der Waals surface area contributed by atoms with Crippen LogP contribution in [0.3, 0.4) is 0 Å². The van der Waals surface area contributed by atoms with Crippen molar-refractivity contribution in [1.29, 1.82) is 0 Å². The van der Waals surface area contributed by atoms with Crippen molar-refractivity contribution in [3.63, 3.8) is 0 Å². The van der Waals surface area contributed by atoms with E-state index < -0.39 is 17.7 Å². The van der Waals surface area contributed by atoms with Crippen molar-refractivity contribution in [2.45, 2.75) is 12.3 Å². The van der Waals surface area contributed by atoms with E-state index in [0.29, 0.717) is 12.0 Å². The average molecular weight is 204 g/mol. The average Bonchev–Trinajstić information content (AvgIpc) is 2.26. The molecule has 0 unspecified atom stereocenters. The number of Topliss-reactive ketones (excluding diaryl/α,β-unsaturated/α-hetero) is 1. The van der Waals surface area contributed by atoms with E-state index in [0.717, 1.165) is 0 Å². The van der Waals surface area contributed by atoms with Crippen LogP contribution in [0.4, 0.5) is 0 Å². The summed E-state index contributed by atoms with van der Waals surface area (Å²) in [5, 5.41) is 8.66. The number of allylic oxidation sites excluding steroid dienone is 1. The summed E-state index contributed by atoms with van der Waals surface area (Å²) in [7, 11) is 0. The lowest BCUT2D eigenvalue weighted by molar-refractivity contribution is -0.149. The fourth-order valence-corrected chi connectivity index (χ4v) is 1.40. The third-order valence-electron chi connectivity index (χ3n) is 2.13. The molecule has 0 radical (unpaired) electrons. The quantitative estimate of drug-likeness (QED) is 0.589. The highest BCUT2D eigenvalue weighted by Crippen LogP contribution is 2.20. The van der Waals surface area contributed by atoms with Gasteiger partial charge in [-0.3, -0.25) is 4.79 Å². The van der Waals surface area contributed by atoms with Gasteiger partial charge in [0.15, 0.2) is 0 Å². The Morgan fingerprint density at radius 3 is 2.40 bits per heavy atom. The lowest BCUT2D eigenvalue weighted by Crippen LogP contribution is -2.21. The van der Waals surface area contributed by atoms with Crippen LogP contribution in [0, 0.1) is 0 Å². The first-order valence-electron chi connectivity index (χ1n) is 4.59. The molecule has 0 fully saturated rings. The third kappa shape index (κ3) is 2.77. The standard InChI is InChI=1S/C12H12O3/c1-2-6-10(11(13)12(14)15)9-7-4-3-5-8-9/h2-5,7-8,10H,1,6H2,(H,14,15)/t10-/m0/s1. The molecule has 1 N–H and O–H groups in total. The van der Waals surface area contributed by atoms with Crippen molar-refractivity contribution in [3.8, 4) is 0 Å². The predicted molar refractivity (Wildman–Crippen MR) is 56.6 cm³/mol. The fourth-order valence-electron chi connectivity index (χ4n) is 1.40. The summed E-state index contributed by atoms with van der Waals surface area (Å²) < 4.78 is 0. The van der Waals surface area contributed by atoms with Gasteiger partial charge >= 0.3 is 5.97 Å². The largest absolute Gasteiger partial charge is 0.475 e. The molecule has 0 bridgehead atoms. The fraction of sp³-hybridized carbons (Fsp3) is 0.167. The second kappa shape index (κ2) is 5.10. The smallest absolute Gasteiger partial charge is 0.372 e. The van der Waals surface area contributed by atoms with E-state index in [1.54, 1.807) is 30.3 Å². The van der Waals surface area contributed by atoms with E-state index in [9.17, 15) is 9.59 Å². The number of rotatable bonds is 5. The number of hydrogen-bond acceptors (Lipinski definition) is 2. The van der Waals surface area contributed by atoms with Crippen LogP contribution in [0.25, 0.3) is 0 Å². The highest BCUT2D eigenvalue weighted by molar-refractivity contribution is 6.35. The zero-order valence-electron chi connectivity index (χ0n) is 8.22. The summed E-state index contributed by atoms with van der Waals surface area (Å²) in [5.74, 6) is -2.81. The van der Waals surface area contributed by atoms with Gasteiger partial charge in [-0.2, -0.15) is 0 Å². The number of hydrogen-bond donors (Lipinski definition) is 1. The van der Waals surface area contributed by atoms with Crippen LogP contribution < -0.4 is 0 Å². The van der Waals surface area contributed by atoms with Crippen molar-refractivity contribution in [2.24, 2.45) is 0 Å². The second-order valence-corrected chi connectivity index (χ2v) is 3.16. The Hall–Kier alpha value is -1.90. The number of carboxylic acids is 1. The Kier molecular flexibility index (Phi) is 3.80. The monoisotopic (exact) mass is 204 g/mol. The topological polar surface area (TPSA) is 54.4 Å². The second-order valence-electron chi connectivity index (χ2n) is 3.16. The predicted octanol–water partition coefficient (Wildman–Crippen LogP) is 2.00. The first-order valence-corrected chi connectivity index (χ1v) is 4.59. The van der Waals surface area contributed by atoms with Crippen LogP contribution in [0.1, 0.15) is 17.9 Å². The summed E-state index contributed by atoms with van der Waals surface area (Å²) in [5.41, 5.74) is 0.713. The Bertz CT molecular complexity index is 368. The molecule has 1 atom stereocenters. The lowest BCUT2D eigenvalue weighted by Gasteiger charge is -2.11. The van der Waals surface area contributed by atoms with E-state index in [4.69, 9.17) is 5.11 Å². The van der Waals surface area contributed by atoms with Gasteiger partial charge < -0.3 is 5.11 Å². The summed E-state index contributed by atoms with van der Waals surface area (Å²) in [6, 6.07) is 8.87. The molecule has 0 aromatic heterocycles. The molecule has 1 aromatic rings.